The van der Waals surface area contributed by atoms with Crippen LogP contribution in [0, 0.1) is 23.5 Å². The lowest BCUT2D eigenvalue weighted by Gasteiger charge is -2.24. The summed E-state index contributed by atoms with van der Waals surface area (Å²) in [6, 6.07) is 5.53. The zero-order chi connectivity index (χ0) is 19.3. The maximum absolute atomic E-state index is 13.9. The fourth-order valence-electron chi connectivity index (χ4n) is 2.51. The number of hydrogen-bond acceptors (Lipinski definition) is 4. The second kappa shape index (κ2) is 8.46. The SMILES string of the molecule is CCN(Cc1cccc(F)n1)C(=O)C(C=O)Cc1c(F)cc(O)cc1F. The lowest BCUT2D eigenvalue weighted by molar-refractivity contribution is -0.138. The molecule has 1 heterocycles. The normalized spacial score (nSPS) is 11.8. The first-order valence-corrected chi connectivity index (χ1v) is 7.88. The van der Waals surface area contributed by atoms with E-state index >= 15 is 0 Å². The van der Waals surface area contributed by atoms with Crippen LogP contribution in [-0.4, -0.2) is 33.7 Å². The minimum Gasteiger partial charge on any atom is -0.508 e. The maximum Gasteiger partial charge on any atom is 0.233 e. The van der Waals surface area contributed by atoms with Crippen molar-refractivity contribution in [3.8, 4) is 5.75 Å². The van der Waals surface area contributed by atoms with Crippen LogP contribution in [0.1, 0.15) is 18.2 Å². The summed E-state index contributed by atoms with van der Waals surface area (Å²) in [5.41, 5.74) is -0.181. The number of amides is 1. The van der Waals surface area contributed by atoms with Crippen molar-refractivity contribution < 1.29 is 27.9 Å². The summed E-state index contributed by atoms with van der Waals surface area (Å²) < 4.78 is 40.9. The minimum atomic E-state index is -1.32. The van der Waals surface area contributed by atoms with E-state index in [9.17, 15) is 22.8 Å². The van der Waals surface area contributed by atoms with Gasteiger partial charge in [0.2, 0.25) is 11.9 Å². The van der Waals surface area contributed by atoms with Crippen molar-refractivity contribution in [2.24, 2.45) is 5.92 Å². The number of rotatable bonds is 7. The van der Waals surface area contributed by atoms with Crippen molar-refractivity contribution >= 4 is 12.2 Å². The van der Waals surface area contributed by atoms with Crippen LogP contribution < -0.4 is 0 Å². The molecule has 1 aromatic carbocycles. The molecule has 1 unspecified atom stereocenters. The van der Waals surface area contributed by atoms with Crippen LogP contribution in [0.25, 0.3) is 0 Å². The molecule has 138 valence electrons. The number of halogens is 3. The Morgan fingerprint density at radius 3 is 2.46 bits per heavy atom. The van der Waals surface area contributed by atoms with Crippen LogP contribution >= 0.6 is 0 Å². The van der Waals surface area contributed by atoms with Gasteiger partial charge in [0.05, 0.1) is 18.2 Å². The predicted molar refractivity (Wildman–Crippen MR) is 86.6 cm³/mol. The minimum absolute atomic E-state index is 0.0437. The molecule has 0 radical (unpaired) electrons. The fourth-order valence-corrected chi connectivity index (χ4v) is 2.51. The molecule has 1 atom stereocenters. The topological polar surface area (TPSA) is 70.5 Å². The van der Waals surface area contributed by atoms with Gasteiger partial charge >= 0.3 is 0 Å². The molecular formula is C18H17F3N2O3. The molecule has 0 spiro atoms. The number of phenolic OH excluding ortho intramolecular Hbond substituents is 1. The van der Waals surface area contributed by atoms with Gasteiger partial charge in [0, 0.05) is 24.2 Å². The summed E-state index contributed by atoms with van der Waals surface area (Å²) >= 11 is 0. The van der Waals surface area contributed by atoms with Gasteiger partial charge in [-0.15, -0.1) is 0 Å². The Morgan fingerprint density at radius 2 is 1.92 bits per heavy atom. The molecule has 1 N–H and O–H groups in total. The van der Waals surface area contributed by atoms with E-state index in [4.69, 9.17) is 5.11 Å². The van der Waals surface area contributed by atoms with Gasteiger partial charge in [-0.2, -0.15) is 4.39 Å². The van der Waals surface area contributed by atoms with Gasteiger partial charge in [0.1, 0.15) is 23.7 Å². The first-order chi connectivity index (χ1) is 12.3. The first kappa shape index (κ1) is 19.4. The zero-order valence-corrected chi connectivity index (χ0v) is 14.0. The van der Waals surface area contributed by atoms with Gasteiger partial charge in [-0.25, -0.2) is 13.8 Å². The smallest absolute Gasteiger partial charge is 0.233 e. The summed E-state index contributed by atoms with van der Waals surface area (Å²) in [5, 5.41) is 9.17. The van der Waals surface area contributed by atoms with E-state index in [-0.39, 0.29) is 18.8 Å². The third-order valence-electron chi connectivity index (χ3n) is 3.85. The average molecular weight is 366 g/mol. The molecule has 2 aromatic rings. The number of hydrogen-bond donors (Lipinski definition) is 1. The molecule has 0 fully saturated rings. The molecular weight excluding hydrogens is 349 g/mol. The molecule has 0 aliphatic heterocycles. The van der Waals surface area contributed by atoms with Gasteiger partial charge in [-0.3, -0.25) is 4.79 Å². The lowest BCUT2D eigenvalue weighted by Crippen LogP contribution is -2.37. The van der Waals surface area contributed by atoms with E-state index in [0.29, 0.717) is 18.4 Å². The van der Waals surface area contributed by atoms with E-state index in [2.05, 4.69) is 4.98 Å². The summed E-state index contributed by atoms with van der Waals surface area (Å²) in [4.78, 5) is 28.8. The number of aldehydes is 1. The van der Waals surface area contributed by atoms with E-state index < -0.39 is 47.1 Å². The summed E-state index contributed by atoms with van der Waals surface area (Å²) in [6.07, 6.45) is -0.177. The number of carbonyl (C=O) groups excluding carboxylic acids is 2. The van der Waals surface area contributed by atoms with Crippen molar-refractivity contribution in [2.45, 2.75) is 19.9 Å². The highest BCUT2D eigenvalue weighted by molar-refractivity contribution is 5.92. The molecule has 26 heavy (non-hydrogen) atoms. The summed E-state index contributed by atoms with van der Waals surface area (Å²) in [5.74, 6) is -5.36. The maximum atomic E-state index is 13.9. The molecule has 0 aliphatic carbocycles. The highest BCUT2D eigenvalue weighted by Crippen LogP contribution is 2.22. The van der Waals surface area contributed by atoms with Crippen LogP contribution in [0.2, 0.25) is 0 Å². The second-order valence-electron chi connectivity index (χ2n) is 5.64. The summed E-state index contributed by atoms with van der Waals surface area (Å²) in [7, 11) is 0. The van der Waals surface area contributed by atoms with E-state index in [1.165, 1.54) is 17.0 Å². The standard InChI is InChI=1S/C18H17F3N2O3/c1-2-23(9-12-4-3-5-17(21)22-12)18(26)11(10-24)6-14-15(19)7-13(25)8-16(14)20/h3-5,7-8,10-11,25H,2,6,9H2,1H3. The largest absolute Gasteiger partial charge is 0.508 e. The van der Waals surface area contributed by atoms with Crippen LogP contribution in [0.4, 0.5) is 13.2 Å². The molecule has 0 aliphatic rings. The fraction of sp³-hybridized carbons (Fsp3) is 0.278. The van der Waals surface area contributed by atoms with Gasteiger partial charge in [0.25, 0.3) is 0 Å². The van der Waals surface area contributed by atoms with Crippen LogP contribution in [0.15, 0.2) is 30.3 Å². The Hall–Kier alpha value is -2.90. The van der Waals surface area contributed by atoms with Crippen LogP contribution in [0.5, 0.6) is 5.75 Å². The molecule has 1 amide bonds. The quantitative estimate of drug-likeness (QED) is 0.465. The predicted octanol–water partition coefficient (Wildman–Crippen LogP) is 2.61. The number of nitrogens with zero attached hydrogens (tertiary/aromatic N) is 2. The Morgan fingerprint density at radius 1 is 1.27 bits per heavy atom. The van der Waals surface area contributed by atoms with Gasteiger partial charge in [-0.1, -0.05) is 6.07 Å². The van der Waals surface area contributed by atoms with Gasteiger partial charge < -0.3 is 14.8 Å². The van der Waals surface area contributed by atoms with Gasteiger partial charge in [-0.05, 0) is 25.5 Å². The van der Waals surface area contributed by atoms with Crippen LogP contribution in [-0.2, 0) is 22.6 Å². The molecule has 1 aromatic heterocycles. The monoisotopic (exact) mass is 366 g/mol. The molecule has 0 bridgehead atoms. The number of pyridine rings is 1. The first-order valence-electron chi connectivity index (χ1n) is 7.88. The van der Waals surface area contributed by atoms with E-state index in [1.54, 1.807) is 6.92 Å². The van der Waals surface area contributed by atoms with E-state index in [1.807, 2.05) is 0 Å². The number of aromatic hydroxyl groups is 1. The molecule has 0 saturated heterocycles. The second-order valence-corrected chi connectivity index (χ2v) is 5.64. The molecule has 8 heteroatoms. The van der Waals surface area contributed by atoms with E-state index in [0.717, 1.165) is 6.07 Å². The number of aromatic nitrogens is 1. The number of carbonyl (C=O) groups is 2. The third-order valence-corrected chi connectivity index (χ3v) is 3.85. The molecule has 2 rings (SSSR count). The Kier molecular flexibility index (Phi) is 6.32. The van der Waals surface area contributed by atoms with Crippen molar-refractivity contribution in [1.29, 1.82) is 0 Å². The van der Waals surface area contributed by atoms with Crippen LogP contribution in [0.3, 0.4) is 0 Å². The number of benzene rings is 1. The Balaban J connectivity index is 2.19. The highest BCUT2D eigenvalue weighted by Gasteiger charge is 2.26. The van der Waals surface area contributed by atoms with Crippen molar-refractivity contribution in [3.63, 3.8) is 0 Å². The molecule has 0 saturated carbocycles. The number of phenols is 1. The average Bonchev–Trinajstić information content (AvgIpc) is 2.58. The third kappa shape index (κ3) is 4.59. The summed E-state index contributed by atoms with van der Waals surface area (Å²) in [6.45, 7) is 1.81. The van der Waals surface area contributed by atoms with Crippen molar-refractivity contribution in [3.05, 3.63) is 59.2 Å². The highest BCUT2D eigenvalue weighted by atomic mass is 19.1. The molecule has 5 nitrogen and oxygen atoms in total. The van der Waals surface area contributed by atoms with Crippen molar-refractivity contribution in [1.82, 2.24) is 9.88 Å². The zero-order valence-electron chi connectivity index (χ0n) is 14.0. The van der Waals surface area contributed by atoms with Crippen molar-refractivity contribution in [2.75, 3.05) is 6.54 Å². The Bertz CT molecular complexity index is 791. The Labute approximate surface area is 148 Å². The van der Waals surface area contributed by atoms with Gasteiger partial charge in [0.15, 0.2) is 0 Å². The lowest BCUT2D eigenvalue weighted by atomic mass is 9.98.